The summed E-state index contributed by atoms with van der Waals surface area (Å²) >= 11 is 0. The van der Waals surface area contributed by atoms with Gasteiger partial charge in [0.05, 0.1) is 7.11 Å². The summed E-state index contributed by atoms with van der Waals surface area (Å²) in [6.07, 6.45) is 2.98. The van der Waals surface area contributed by atoms with Crippen LogP contribution in [0.25, 0.3) is 10.9 Å². The molecule has 3 nitrogen and oxygen atoms in total. The second-order valence-electron chi connectivity index (χ2n) is 4.18. The molecular formula is C13H13NO2. The highest BCUT2D eigenvalue weighted by molar-refractivity contribution is 5.85. The van der Waals surface area contributed by atoms with Gasteiger partial charge < -0.3 is 9.72 Å². The number of ether oxygens (including phenoxy) is 1. The molecule has 0 spiro atoms. The molecule has 1 heterocycles. The van der Waals surface area contributed by atoms with Crippen molar-refractivity contribution in [1.82, 2.24) is 4.98 Å². The number of methoxy groups -OCH3 is 1. The van der Waals surface area contributed by atoms with Gasteiger partial charge in [-0.05, 0) is 43.0 Å². The second kappa shape index (κ2) is 3.37. The maximum absolute atomic E-state index is 11.8. The van der Waals surface area contributed by atoms with Gasteiger partial charge in [0.25, 0.3) is 5.56 Å². The number of hydrogen-bond acceptors (Lipinski definition) is 2. The minimum atomic E-state index is 0.0742. The van der Waals surface area contributed by atoms with Crippen LogP contribution >= 0.6 is 0 Å². The first-order chi connectivity index (χ1) is 7.79. The molecule has 16 heavy (non-hydrogen) atoms. The monoisotopic (exact) mass is 215 g/mol. The maximum Gasteiger partial charge on any atom is 0.251 e. The molecule has 82 valence electrons. The summed E-state index contributed by atoms with van der Waals surface area (Å²) in [4.78, 5) is 14.7. The van der Waals surface area contributed by atoms with Crippen LogP contribution in [0, 0.1) is 0 Å². The van der Waals surface area contributed by atoms with Gasteiger partial charge in [-0.15, -0.1) is 0 Å². The Kier molecular flexibility index (Phi) is 1.99. The van der Waals surface area contributed by atoms with Gasteiger partial charge in [-0.3, -0.25) is 4.79 Å². The van der Waals surface area contributed by atoms with Crippen molar-refractivity contribution in [3.8, 4) is 5.75 Å². The Morgan fingerprint density at radius 3 is 2.88 bits per heavy atom. The van der Waals surface area contributed by atoms with Crippen molar-refractivity contribution in [2.24, 2.45) is 0 Å². The lowest BCUT2D eigenvalue weighted by Gasteiger charge is -2.06. The fraction of sp³-hybridized carbons (Fsp3) is 0.308. The molecule has 1 aliphatic carbocycles. The fourth-order valence-electron chi connectivity index (χ4n) is 2.50. The Morgan fingerprint density at radius 1 is 1.25 bits per heavy atom. The van der Waals surface area contributed by atoms with Crippen LogP contribution in [0.4, 0.5) is 0 Å². The van der Waals surface area contributed by atoms with Gasteiger partial charge in [-0.2, -0.15) is 0 Å². The van der Waals surface area contributed by atoms with E-state index in [1.165, 1.54) is 5.56 Å². The number of nitrogens with one attached hydrogen (secondary N) is 1. The minimum Gasteiger partial charge on any atom is -0.497 e. The van der Waals surface area contributed by atoms with Gasteiger partial charge >= 0.3 is 0 Å². The van der Waals surface area contributed by atoms with Crippen LogP contribution in [-0.2, 0) is 12.8 Å². The maximum atomic E-state index is 11.8. The summed E-state index contributed by atoms with van der Waals surface area (Å²) in [6, 6.07) is 5.79. The molecule has 1 aromatic heterocycles. The molecular weight excluding hydrogens is 202 g/mol. The largest absolute Gasteiger partial charge is 0.497 e. The molecule has 1 aliphatic rings. The molecule has 1 aromatic carbocycles. The van der Waals surface area contributed by atoms with Crippen LogP contribution in [0.15, 0.2) is 23.0 Å². The lowest BCUT2D eigenvalue weighted by Crippen LogP contribution is -2.12. The first kappa shape index (κ1) is 9.46. The zero-order valence-electron chi connectivity index (χ0n) is 9.17. The average molecular weight is 215 g/mol. The number of rotatable bonds is 1. The molecule has 0 fully saturated rings. The number of aryl methyl sites for hydroxylation is 1. The molecule has 0 atom stereocenters. The van der Waals surface area contributed by atoms with E-state index < -0.39 is 0 Å². The van der Waals surface area contributed by atoms with Crippen molar-refractivity contribution >= 4 is 10.9 Å². The predicted octanol–water partition coefficient (Wildman–Crippen LogP) is 2.03. The van der Waals surface area contributed by atoms with Crippen LogP contribution in [0.2, 0.25) is 0 Å². The van der Waals surface area contributed by atoms with Crippen molar-refractivity contribution in [3.05, 3.63) is 39.7 Å². The van der Waals surface area contributed by atoms with E-state index >= 15 is 0 Å². The summed E-state index contributed by atoms with van der Waals surface area (Å²) in [7, 11) is 1.66. The molecule has 0 amide bonds. The number of aromatic nitrogens is 1. The molecule has 0 bridgehead atoms. The Morgan fingerprint density at radius 2 is 2.06 bits per heavy atom. The highest BCUT2D eigenvalue weighted by atomic mass is 16.5. The van der Waals surface area contributed by atoms with Crippen LogP contribution in [-0.4, -0.2) is 12.1 Å². The van der Waals surface area contributed by atoms with Crippen molar-refractivity contribution in [2.45, 2.75) is 19.3 Å². The van der Waals surface area contributed by atoms with Crippen molar-refractivity contribution in [1.29, 1.82) is 0 Å². The molecule has 0 saturated carbocycles. The van der Waals surface area contributed by atoms with E-state index in [1.54, 1.807) is 7.11 Å². The second-order valence-corrected chi connectivity index (χ2v) is 4.18. The summed E-state index contributed by atoms with van der Waals surface area (Å²) in [5.74, 6) is 0.841. The lowest BCUT2D eigenvalue weighted by atomic mass is 10.1. The first-order valence-electron chi connectivity index (χ1n) is 5.51. The Labute approximate surface area is 93.1 Å². The van der Waals surface area contributed by atoms with E-state index in [1.807, 2.05) is 18.2 Å². The molecule has 0 saturated heterocycles. The topological polar surface area (TPSA) is 42.1 Å². The SMILES string of the molecule is COc1ccc2[nH]c(=O)c3c(c2c1)CCC3. The highest BCUT2D eigenvalue weighted by Gasteiger charge is 2.17. The zero-order valence-corrected chi connectivity index (χ0v) is 9.17. The van der Waals surface area contributed by atoms with Gasteiger partial charge in [0.15, 0.2) is 0 Å². The Bertz CT molecular complexity index is 613. The predicted molar refractivity (Wildman–Crippen MR) is 63.1 cm³/mol. The third-order valence-electron chi connectivity index (χ3n) is 3.29. The smallest absolute Gasteiger partial charge is 0.251 e. The quantitative estimate of drug-likeness (QED) is 0.790. The van der Waals surface area contributed by atoms with Crippen LogP contribution < -0.4 is 10.3 Å². The Balaban J connectivity index is 2.40. The molecule has 3 rings (SSSR count). The first-order valence-corrected chi connectivity index (χ1v) is 5.51. The summed E-state index contributed by atoms with van der Waals surface area (Å²) in [5, 5.41) is 1.13. The van der Waals surface area contributed by atoms with Gasteiger partial charge in [0.1, 0.15) is 5.75 Å². The van der Waals surface area contributed by atoms with Gasteiger partial charge in [0, 0.05) is 16.5 Å². The average Bonchev–Trinajstić information content (AvgIpc) is 2.78. The standard InChI is InChI=1S/C13H13NO2/c1-16-8-5-6-12-11(7-8)9-3-2-4-10(9)13(15)14-12/h5-7H,2-4H2,1H3,(H,14,15). The number of fused-ring (bicyclic) bond motifs is 3. The third-order valence-corrected chi connectivity index (χ3v) is 3.29. The van der Waals surface area contributed by atoms with E-state index in [4.69, 9.17) is 4.74 Å². The number of hydrogen-bond donors (Lipinski definition) is 1. The summed E-state index contributed by atoms with van der Waals surface area (Å²) in [5.41, 5.74) is 3.15. The van der Waals surface area contributed by atoms with Crippen LogP contribution in [0.5, 0.6) is 5.75 Å². The number of H-pyrrole nitrogens is 1. The zero-order chi connectivity index (χ0) is 11.1. The van der Waals surface area contributed by atoms with E-state index in [0.717, 1.165) is 41.5 Å². The number of aromatic amines is 1. The van der Waals surface area contributed by atoms with E-state index in [9.17, 15) is 4.79 Å². The number of benzene rings is 1. The molecule has 0 radical (unpaired) electrons. The van der Waals surface area contributed by atoms with E-state index in [0.29, 0.717) is 0 Å². The Hall–Kier alpha value is -1.77. The molecule has 0 aliphatic heterocycles. The van der Waals surface area contributed by atoms with Crippen molar-refractivity contribution in [2.75, 3.05) is 7.11 Å². The van der Waals surface area contributed by atoms with Crippen molar-refractivity contribution in [3.63, 3.8) is 0 Å². The molecule has 0 unspecified atom stereocenters. The number of pyridine rings is 1. The lowest BCUT2D eigenvalue weighted by molar-refractivity contribution is 0.415. The molecule has 1 N–H and O–H groups in total. The van der Waals surface area contributed by atoms with E-state index in [2.05, 4.69) is 4.98 Å². The minimum absolute atomic E-state index is 0.0742. The summed E-state index contributed by atoms with van der Waals surface area (Å²) in [6.45, 7) is 0. The normalized spacial score (nSPS) is 14.1. The van der Waals surface area contributed by atoms with E-state index in [-0.39, 0.29) is 5.56 Å². The molecule has 2 aromatic rings. The fourth-order valence-corrected chi connectivity index (χ4v) is 2.50. The molecule has 3 heteroatoms. The van der Waals surface area contributed by atoms with Gasteiger partial charge in [-0.1, -0.05) is 0 Å². The van der Waals surface area contributed by atoms with Gasteiger partial charge in [-0.25, -0.2) is 0 Å². The van der Waals surface area contributed by atoms with Gasteiger partial charge in [0.2, 0.25) is 0 Å². The highest BCUT2D eigenvalue weighted by Crippen LogP contribution is 2.28. The summed E-state index contributed by atoms with van der Waals surface area (Å²) < 4.78 is 5.22. The van der Waals surface area contributed by atoms with Crippen LogP contribution in [0.1, 0.15) is 17.5 Å². The van der Waals surface area contributed by atoms with Crippen LogP contribution in [0.3, 0.4) is 0 Å². The van der Waals surface area contributed by atoms with Crippen molar-refractivity contribution < 1.29 is 4.74 Å². The third kappa shape index (κ3) is 1.24.